The average molecular weight is 635 g/mol. The van der Waals surface area contributed by atoms with Crippen LogP contribution in [0.25, 0.3) is 0 Å². The van der Waals surface area contributed by atoms with E-state index >= 15 is 0 Å². The fourth-order valence-electron chi connectivity index (χ4n) is 6.50. The molecule has 11 nitrogen and oxygen atoms in total. The lowest BCUT2D eigenvalue weighted by molar-refractivity contribution is -0.0442. The monoisotopic (exact) mass is 634 g/mol. The third kappa shape index (κ3) is 7.78. The Balaban J connectivity index is 1.14. The number of rotatable bonds is 9. The summed E-state index contributed by atoms with van der Waals surface area (Å²) in [6, 6.07) is 8.24. The highest BCUT2D eigenvalue weighted by molar-refractivity contribution is 7.88. The van der Waals surface area contributed by atoms with Crippen molar-refractivity contribution in [3.8, 4) is 5.75 Å². The van der Waals surface area contributed by atoms with Crippen LogP contribution in [0.3, 0.4) is 0 Å². The number of piperidine rings is 2. The molecule has 0 aliphatic carbocycles. The van der Waals surface area contributed by atoms with Crippen molar-refractivity contribution < 1.29 is 22.7 Å². The molecule has 13 heteroatoms. The first-order chi connectivity index (χ1) is 20.6. The Morgan fingerprint density at radius 1 is 1.07 bits per heavy atom. The van der Waals surface area contributed by atoms with Crippen LogP contribution in [0.5, 0.6) is 5.75 Å². The average Bonchev–Trinajstić information content (AvgIpc) is 3.03. The number of nitrogens with zero attached hydrogens (tertiary/aromatic N) is 5. The molecule has 0 unspecified atom stereocenters. The normalized spacial score (nSPS) is 23.0. The molecule has 4 heterocycles. The van der Waals surface area contributed by atoms with E-state index in [-0.39, 0.29) is 29.9 Å². The molecule has 1 aromatic carbocycles. The first-order valence-corrected chi connectivity index (χ1v) is 17.4. The van der Waals surface area contributed by atoms with Gasteiger partial charge in [0.25, 0.3) is 5.91 Å². The van der Waals surface area contributed by atoms with Gasteiger partial charge in [-0.25, -0.2) is 22.7 Å². The number of carbonyl (C=O) groups is 1. The van der Waals surface area contributed by atoms with E-state index in [9.17, 15) is 13.2 Å². The Hall–Kier alpha value is -2.51. The number of sulfonamides is 1. The summed E-state index contributed by atoms with van der Waals surface area (Å²) in [6.07, 6.45) is 9.00. The predicted octanol–water partition coefficient (Wildman–Crippen LogP) is 3.82. The first-order valence-electron chi connectivity index (χ1n) is 15.1. The number of methoxy groups -OCH3 is 1. The lowest BCUT2D eigenvalue weighted by Crippen LogP contribution is -2.52. The number of benzene rings is 1. The zero-order valence-electron chi connectivity index (χ0n) is 25.2. The summed E-state index contributed by atoms with van der Waals surface area (Å²) in [7, 11) is 0.0189. The number of likely N-dealkylation sites (tertiary alicyclic amines) is 2. The Morgan fingerprint density at radius 2 is 1.77 bits per heavy atom. The van der Waals surface area contributed by atoms with Crippen molar-refractivity contribution in [2.75, 3.05) is 58.5 Å². The number of nitrogens with one attached hydrogen (secondary N) is 1. The molecule has 1 amide bonds. The summed E-state index contributed by atoms with van der Waals surface area (Å²) >= 11 is 6.05. The lowest BCUT2D eigenvalue weighted by atomic mass is 9.97. The van der Waals surface area contributed by atoms with Crippen LogP contribution in [0.1, 0.15) is 67.1 Å². The van der Waals surface area contributed by atoms with Crippen molar-refractivity contribution in [3.05, 3.63) is 46.9 Å². The molecule has 0 saturated carbocycles. The topological polar surface area (TPSA) is 117 Å². The standard InChI is InChI=1S/C30H43ClN6O5S/c1-35(43(3,39)40)23-11-15-36(16-12-23)24-13-17-37(18-14-24)30(38)27-28(41-2)29(34-20-33-27)32-19-25-5-4-6-26(42-25)21-7-9-22(31)10-8-21/h7-10,20,23-26H,4-6,11-19H2,1-3H3,(H,32,33,34)/t25-,26+/m1/s1. The van der Waals surface area contributed by atoms with Crippen molar-refractivity contribution in [1.29, 1.82) is 0 Å². The van der Waals surface area contributed by atoms with Crippen LogP contribution < -0.4 is 10.1 Å². The summed E-state index contributed by atoms with van der Waals surface area (Å²) in [6.45, 7) is 3.52. The van der Waals surface area contributed by atoms with E-state index < -0.39 is 10.0 Å². The summed E-state index contributed by atoms with van der Waals surface area (Å²) < 4.78 is 37.4. The van der Waals surface area contributed by atoms with Gasteiger partial charge in [0, 0.05) is 43.8 Å². The minimum absolute atomic E-state index is 0.0101. The van der Waals surface area contributed by atoms with Gasteiger partial charge < -0.3 is 24.6 Å². The molecule has 2 aromatic rings. The lowest BCUT2D eigenvalue weighted by Gasteiger charge is -2.43. The van der Waals surface area contributed by atoms with Gasteiger partial charge in [-0.15, -0.1) is 0 Å². The van der Waals surface area contributed by atoms with Gasteiger partial charge in [-0.05, 0) is 75.7 Å². The molecule has 1 aromatic heterocycles. The van der Waals surface area contributed by atoms with Gasteiger partial charge >= 0.3 is 0 Å². The highest BCUT2D eigenvalue weighted by atomic mass is 35.5. The van der Waals surface area contributed by atoms with E-state index in [0.717, 1.165) is 63.6 Å². The van der Waals surface area contributed by atoms with E-state index in [1.165, 1.54) is 24.0 Å². The number of carbonyl (C=O) groups excluding carboxylic acids is 1. The van der Waals surface area contributed by atoms with Gasteiger partial charge in [0.2, 0.25) is 10.0 Å². The molecular formula is C30H43ClN6O5S. The molecule has 1 N–H and O–H groups in total. The van der Waals surface area contributed by atoms with E-state index in [0.29, 0.717) is 42.3 Å². The summed E-state index contributed by atoms with van der Waals surface area (Å²) in [5.74, 6) is 0.664. The van der Waals surface area contributed by atoms with Crippen LogP contribution in [-0.2, 0) is 14.8 Å². The van der Waals surface area contributed by atoms with E-state index in [1.54, 1.807) is 7.05 Å². The molecule has 0 radical (unpaired) electrons. The minimum atomic E-state index is -3.18. The Labute approximate surface area is 259 Å². The molecule has 3 aliphatic heterocycles. The second-order valence-corrected chi connectivity index (χ2v) is 14.3. The molecule has 3 saturated heterocycles. The van der Waals surface area contributed by atoms with Gasteiger partial charge in [-0.1, -0.05) is 23.7 Å². The molecular weight excluding hydrogens is 592 g/mol. The molecule has 2 atom stereocenters. The van der Waals surface area contributed by atoms with Crippen molar-refractivity contribution in [3.63, 3.8) is 0 Å². The molecule has 236 valence electrons. The smallest absolute Gasteiger partial charge is 0.276 e. The maximum Gasteiger partial charge on any atom is 0.276 e. The predicted molar refractivity (Wildman–Crippen MR) is 166 cm³/mol. The summed E-state index contributed by atoms with van der Waals surface area (Å²) in [5.41, 5.74) is 1.38. The van der Waals surface area contributed by atoms with Gasteiger partial charge in [0.05, 0.1) is 25.6 Å². The number of aromatic nitrogens is 2. The number of hydrogen-bond acceptors (Lipinski definition) is 9. The molecule has 3 aliphatic rings. The Kier molecular flexibility index (Phi) is 10.4. The van der Waals surface area contributed by atoms with Crippen molar-refractivity contribution in [2.24, 2.45) is 0 Å². The zero-order chi connectivity index (χ0) is 30.6. The third-order valence-corrected chi connectivity index (χ3v) is 10.7. The maximum atomic E-state index is 13.6. The SMILES string of the molecule is COc1c(NC[C@H]2CCC[C@@H](c3ccc(Cl)cc3)O2)ncnc1C(=O)N1CCC(N2CCC(N(C)S(C)(=O)=O)CC2)CC1. The quantitative estimate of drug-likeness (QED) is 0.439. The highest BCUT2D eigenvalue weighted by Gasteiger charge is 2.34. The van der Waals surface area contributed by atoms with E-state index in [2.05, 4.69) is 20.2 Å². The van der Waals surface area contributed by atoms with Crippen LogP contribution in [0.2, 0.25) is 5.02 Å². The van der Waals surface area contributed by atoms with Crippen LogP contribution in [-0.4, -0.2) is 110 Å². The molecule has 3 fully saturated rings. The summed E-state index contributed by atoms with van der Waals surface area (Å²) in [4.78, 5) is 26.6. The van der Waals surface area contributed by atoms with Gasteiger partial charge in [-0.3, -0.25) is 4.79 Å². The largest absolute Gasteiger partial charge is 0.491 e. The van der Waals surface area contributed by atoms with E-state index in [1.807, 2.05) is 29.2 Å². The Bertz CT molecular complexity index is 1350. The van der Waals surface area contributed by atoms with Crippen LogP contribution >= 0.6 is 11.6 Å². The van der Waals surface area contributed by atoms with Crippen LogP contribution in [0, 0.1) is 0 Å². The number of anilines is 1. The molecule has 43 heavy (non-hydrogen) atoms. The second kappa shape index (κ2) is 14.1. The van der Waals surface area contributed by atoms with Gasteiger partial charge in [-0.2, -0.15) is 0 Å². The van der Waals surface area contributed by atoms with Crippen LogP contribution in [0.4, 0.5) is 5.82 Å². The zero-order valence-corrected chi connectivity index (χ0v) is 26.8. The fourth-order valence-corrected chi connectivity index (χ4v) is 7.38. The fraction of sp³-hybridized carbons (Fsp3) is 0.633. The molecule has 0 spiro atoms. The van der Waals surface area contributed by atoms with Gasteiger partial charge in [0.1, 0.15) is 6.33 Å². The molecule has 0 bridgehead atoms. The maximum absolute atomic E-state index is 13.6. The van der Waals surface area contributed by atoms with Crippen molar-refractivity contribution in [2.45, 2.75) is 69.2 Å². The minimum Gasteiger partial charge on any atom is -0.491 e. The van der Waals surface area contributed by atoms with Crippen molar-refractivity contribution >= 4 is 33.3 Å². The second-order valence-electron chi connectivity index (χ2n) is 11.8. The molecule has 5 rings (SSSR count). The number of hydrogen-bond donors (Lipinski definition) is 1. The highest BCUT2D eigenvalue weighted by Crippen LogP contribution is 2.33. The van der Waals surface area contributed by atoms with Crippen LogP contribution in [0.15, 0.2) is 30.6 Å². The number of halogens is 1. The first kappa shape index (κ1) is 31.9. The number of ether oxygens (including phenoxy) is 2. The third-order valence-electron chi connectivity index (χ3n) is 9.10. The van der Waals surface area contributed by atoms with Crippen molar-refractivity contribution in [1.82, 2.24) is 24.1 Å². The Morgan fingerprint density at radius 3 is 2.42 bits per heavy atom. The number of amides is 1. The summed E-state index contributed by atoms with van der Waals surface area (Å²) in [5, 5.41) is 4.05. The van der Waals surface area contributed by atoms with Gasteiger partial charge in [0.15, 0.2) is 17.3 Å². The van der Waals surface area contributed by atoms with E-state index in [4.69, 9.17) is 21.1 Å².